The van der Waals surface area contributed by atoms with Crippen LogP contribution in [-0.2, 0) is 7.05 Å². The molecule has 0 amide bonds. The number of carboxylic acids is 1. The van der Waals surface area contributed by atoms with Crippen LogP contribution in [0, 0.1) is 0 Å². The summed E-state index contributed by atoms with van der Waals surface area (Å²) >= 11 is 1.27. The molecule has 1 aromatic rings. The Morgan fingerprint density at radius 2 is 2.33 bits per heavy atom. The number of thioether (sulfide) groups is 1. The van der Waals surface area contributed by atoms with Gasteiger partial charge in [0.1, 0.15) is 16.4 Å². The number of carbonyl (C=O) groups is 1. The van der Waals surface area contributed by atoms with Crippen LogP contribution in [0.3, 0.4) is 0 Å². The number of aryl methyl sites for hydroxylation is 1. The molecule has 6 heteroatoms. The van der Waals surface area contributed by atoms with Gasteiger partial charge in [-0.3, -0.25) is 4.68 Å². The highest BCUT2D eigenvalue weighted by atomic mass is 32.2. The van der Waals surface area contributed by atoms with Crippen LogP contribution in [-0.4, -0.2) is 27.1 Å². The summed E-state index contributed by atoms with van der Waals surface area (Å²) in [7, 11) is 1.61. The molecule has 0 aliphatic rings. The van der Waals surface area contributed by atoms with E-state index >= 15 is 0 Å². The molecule has 1 heterocycles. The van der Waals surface area contributed by atoms with E-state index in [1.54, 1.807) is 13.3 Å². The number of nitrogens with two attached hydrogens (primary N) is 1. The monoisotopic (exact) mass is 187 g/mol. The van der Waals surface area contributed by atoms with Crippen molar-refractivity contribution in [1.82, 2.24) is 9.78 Å². The molecule has 0 saturated carbocycles. The maximum absolute atomic E-state index is 10.7. The Hall–Kier alpha value is -1.17. The molecule has 66 valence electrons. The average molecular weight is 187 g/mol. The molecule has 0 aliphatic heterocycles. The first-order chi connectivity index (χ1) is 5.57. The van der Waals surface area contributed by atoms with Crippen LogP contribution in [0.2, 0.25) is 0 Å². The Balaban J connectivity index is 3.31. The summed E-state index contributed by atoms with van der Waals surface area (Å²) in [5, 5.41) is 13.1. The lowest BCUT2D eigenvalue weighted by Crippen LogP contribution is -2.03. The number of anilines is 1. The molecule has 0 unspecified atom stereocenters. The molecule has 3 N–H and O–H groups in total. The van der Waals surface area contributed by atoms with Crippen LogP contribution < -0.4 is 5.73 Å². The topological polar surface area (TPSA) is 81.1 Å². The summed E-state index contributed by atoms with van der Waals surface area (Å²) < 4.78 is 1.36. The second-order valence-electron chi connectivity index (χ2n) is 2.20. The number of rotatable bonds is 2. The van der Waals surface area contributed by atoms with E-state index < -0.39 is 5.97 Å². The van der Waals surface area contributed by atoms with Crippen LogP contribution in [0.1, 0.15) is 10.4 Å². The van der Waals surface area contributed by atoms with Crippen LogP contribution in [0.15, 0.2) is 5.03 Å². The molecule has 0 aromatic carbocycles. The largest absolute Gasteiger partial charge is 0.477 e. The molecule has 1 rings (SSSR count). The second kappa shape index (κ2) is 3.06. The summed E-state index contributed by atoms with van der Waals surface area (Å²) in [6, 6.07) is 0. The molecule has 0 saturated heterocycles. The maximum atomic E-state index is 10.7. The number of carboxylic acid groups (broad SMARTS) is 1. The van der Waals surface area contributed by atoms with Gasteiger partial charge in [-0.25, -0.2) is 4.79 Å². The minimum Gasteiger partial charge on any atom is -0.477 e. The fraction of sp³-hybridized carbons (Fsp3) is 0.333. The van der Waals surface area contributed by atoms with Gasteiger partial charge in [0.15, 0.2) is 0 Å². The van der Waals surface area contributed by atoms with Crippen molar-refractivity contribution < 1.29 is 9.90 Å². The Morgan fingerprint density at radius 1 is 1.75 bits per heavy atom. The zero-order chi connectivity index (χ0) is 9.30. The van der Waals surface area contributed by atoms with Gasteiger partial charge < -0.3 is 10.8 Å². The molecule has 0 radical (unpaired) electrons. The summed E-state index contributed by atoms with van der Waals surface area (Å²) in [6.45, 7) is 0. The van der Waals surface area contributed by atoms with Crippen molar-refractivity contribution in [3.8, 4) is 0 Å². The van der Waals surface area contributed by atoms with E-state index in [1.165, 1.54) is 16.4 Å². The van der Waals surface area contributed by atoms with Crippen LogP contribution in [0.4, 0.5) is 5.82 Å². The Bertz CT molecular complexity index is 321. The first-order valence-electron chi connectivity index (χ1n) is 3.17. The molecule has 0 bridgehead atoms. The maximum Gasteiger partial charge on any atom is 0.342 e. The van der Waals surface area contributed by atoms with E-state index in [9.17, 15) is 4.79 Å². The molecular formula is C6H9N3O2S. The minimum atomic E-state index is -1.04. The van der Waals surface area contributed by atoms with Crippen molar-refractivity contribution in [2.75, 3.05) is 12.0 Å². The predicted octanol–water partition coefficient (Wildman–Crippen LogP) is 0.422. The first kappa shape index (κ1) is 8.92. The number of aromatic nitrogens is 2. The highest BCUT2D eigenvalue weighted by molar-refractivity contribution is 7.98. The first-order valence-corrected chi connectivity index (χ1v) is 4.40. The van der Waals surface area contributed by atoms with E-state index in [1.807, 2.05) is 0 Å². The van der Waals surface area contributed by atoms with E-state index in [4.69, 9.17) is 10.8 Å². The van der Waals surface area contributed by atoms with E-state index in [2.05, 4.69) is 5.10 Å². The number of nitrogen functional groups attached to an aromatic ring is 1. The molecule has 0 fully saturated rings. The highest BCUT2D eigenvalue weighted by Crippen LogP contribution is 2.23. The fourth-order valence-corrected chi connectivity index (χ4v) is 1.46. The molecule has 12 heavy (non-hydrogen) atoms. The summed E-state index contributed by atoms with van der Waals surface area (Å²) in [5.74, 6) is -0.850. The summed E-state index contributed by atoms with van der Waals surface area (Å²) in [6.07, 6.45) is 1.76. The molecule has 1 aromatic heterocycles. The zero-order valence-electron chi connectivity index (χ0n) is 6.74. The molecule has 5 nitrogen and oxygen atoms in total. The predicted molar refractivity (Wildman–Crippen MR) is 46.4 cm³/mol. The number of hydrogen-bond acceptors (Lipinski definition) is 4. The van der Waals surface area contributed by atoms with Crippen molar-refractivity contribution in [2.45, 2.75) is 5.03 Å². The van der Waals surface area contributed by atoms with Crippen molar-refractivity contribution >= 4 is 23.5 Å². The van der Waals surface area contributed by atoms with Gasteiger partial charge in [-0.2, -0.15) is 5.10 Å². The molecule has 0 spiro atoms. The van der Waals surface area contributed by atoms with Gasteiger partial charge in [0.2, 0.25) is 0 Å². The quantitative estimate of drug-likeness (QED) is 0.656. The molecule has 0 atom stereocenters. The lowest BCUT2D eigenvalue weighted by Gasteiger charge is -1.93. The number of nitrogens with zero attached hydrogens (tertiary/aromatic N) is 2. The molecular weight excluding hydrogens is 178 g/mol. The van der Waals surface area contributed by atoms with Gasteiger partial charge >= 0.3 is 5.97 Å². The van der Waals surface area contributed by atoms with Gasteiger partial charge in [-0.15, -0.1) is 11.8 Å². The fourth-order valence-electron chi connectivity index (χ4n) is 0.855. The number of aromatic carboxylic acids is 1. The zero-order valence-corrected chi connectivity index (χ0v) is 7.55. The van der Waals surface area contributed by atoms with Crippen molar-refractivity contribution in [2.24, 2.45) is 7.05 Å². The third kappa shape index (κ3) is 1.25. The third-order valence-corrected chi connectivity index (χ3v) is 2.14. The van der Waals surface area contributed by atoms with Gasteiger partial charge in [0.05, 0.1) is 0 Å². The van der Waals surface area contributed by atoms with Crippen molar-refractivity contribution in [3.63, 3.8) is 0 Å². The Labute approximate surface area is 73.6 Å². The normalized spacial score (nSPS) is 10.2. The van der Waals surface area contributed by atoms with E-state index in [0.717, 1.165) is 0 Å². The summed E-state index contributed by atoms with van der Waals surface area (Å²) in [4.78, 5) is 10.7. The smallest absolute Gasteiger partial charge is 0.342 e. The number of hydrogen-bond donors (Lipinski definition) is 2. The minimum absolute atomic E-state index is 0.0880. The van der Waals surface area contributed by atoms with E-state index in [0.29, 0.717) is 5.03 Å². The third-order valence-electron chi connectivity index (χ3n) is 1.47. The van der Waals surface area contributed by atoms with E-state index in [-0.39, 0.29) is 11.4 Å². The van der Waals surface area contributed by atoms with Gasteiger partial charge in [0.25, 0.3) is 0 Å². The van der Waals surface area contributed by atoms with Crippen molar-refractivity contribution in [1.29, 1.82) is 0 Å². The Morgan fingerprint density at radius 3 is 2.67 bits per heavy atom. The standard InChI is InChI=1S/C6H9N3O2S/c1-9-4(7)3(6(10)11)5(8-9)12-2/h7H2,1-2H3,(H,10,11). The Kier molecular flexibility index (Phi) is 2.27. The lowest BCUT2D eigenvalue weighted by molar-refractivity contribution is 0.0694. The average Bonchev–Trinajstić information content (AvgIpc) is 2.28. The highest BCUT2D eigenvalue weighted by Gasteiger charge is 2.18. The second-order valence-corrected chi connectivity index (χ2v) is 2.99. The van der Waals surface area contributed by atoms with Crippen LogP contribution >= 0.6 is 11.8 Å². The van der Waals surface area contributed by atoms with Gasteiger partial charge in [-0.1, -0.05) is 0 Å². The summed E-state index contributed by atoms with van der Waals surface area (Å²) in [5.41, 5.74) is 5.57. The van der Waals surface area contributed by atoms with Gasteiger partial charge in [0, 0.05) is 7.05 Å². The van der Waals surface area contributed by atoms with Crippen molar-refractivity contribution in [3.05, 3.63) is 5.56 Å². The SMILES string of the molecule is CSc1nn(C)c(N)c1C(=O)O. The molecule has 0 aliphatic carbocycles. The lowest BCUT2D eigenvalue weighted by atomic mass is 10.3. The van der Waals surface area contributed by atoms with Crippen LogP contribution in [0.5, 0.6) is 0 Å². The van der Waals surface area contributed by atoms with Crippen LogP contribution in [0.25, 0.3) is 0 Å². The van der Waals surface area contributed by atoms with Gasteiger partial charge in [-0.05, 0) is 6.26 Å².